The van der Waals surface area contributed by atoms with Crippen LogP contribution >= 0.6 is 11.6 Å². The van der Waals surface area contributed by atoms with Gasteiger partial charge in [0, 0.05) is 16.8 Å². The lowest BCUT2D eigenvalue weighted by atomic mass is 9.94. The molecule has 0 aromatic heterocycles. The lowest BCUT2D eigenvalue weighted by Crippen LogP contribution is -2.30. The molecule has 0 radical (unpaired) electrons. The van der Waals surface area contributed by atoms with Gasteiger partial charge in [-0.05, 0) is 42.5 Å². The number of hydrogen-bond acceptors (Lipinski definition) is 4. The number of halogens is 5. The summed E-state index contributed by atoms with van der Waals surface area (Å²) in [6.45, 7) is 0. The monoisotopic (exact) mass is 505 g/mol. The molecule has 1 heterocycles. The van der Waals surface area contributed by atoms with E-state index >= 15 is 0 Å². The number of methoxy groups -OCH3 is 1. The molecule has 3 aromatic carbocycles. The molecule has 3 aromatic rings. The van der Waals surface area contributed by atoms with Gasteiger partial charge in [-0.1, -0.05) is 35.9 Å². The standard InChI is InChI=1S/C25H16ClF4NO4/c1-35-19-10-9-13(11-17(19)26)22(32)20-21(16-7-2-3-8-18(16)27)31(24(34)23(20)33)15-6-4-5-14(12-15)25(28,29)30/h2-12,21,32H,1H3/b22-20+. The molecule has 1 aliphatic rings. The molecule has 5 nitrogen and oxygen atoms in total. The molecule has 1 unspecified atom stereocenters. The van der Waals surface area contributed by atoms with Crippen molar-refractivity contribution in [2.75, 3.05) is 12.0 Å². The third kappa shape index (κ3) is 4.35. The van der Waals surface area contributed by atoms with Crippen LogP contribution in [-0.4, -0.2) is 23.9 Å². The van der Waals surface area contributed by atoms with Crippen LogP contribution < -0.4 is 9.64 Å². The summed E-state index contributed by atoms with van der Waals surface area (Å²) in [5.41, 5.74) is -2.02. The van der Waals surface area contributed by atoms with E-state index in [-0.39, 0.29) is 27.6 Å². The lowest BCUT2D eigenvalue weighted by Gasteiger charge is -2.26. The number of ether oxygens (including phenoxy) is 1. The molecule has 180 valence electrons. The maximum atomic E-state index is 14.9. The number of carbonyl (C=O) groups excluding carboxylic acids is 2. The van der Waals surface area contributed by atoms with Gasteiger partial charge in [0.1, 0.15) is 17.3 Å². The van der Waals surface area contributed by atoms with Gasteiger partial charge in [0.2, 0.25) is 0 Å². The van der Waals surface area contributed by atoms with Gasteiger partial charge in [0.25, 0.3) is 11.7 Å². The Labute approximate surface area is 201 Å². The van der Waals surface area contributed by atoms with Gasteiger partial charge in [-0.3, -0.25) is 14.5 Å². The van der Waals surface area contributed by atoms with Crippen LogP contribution in [0.3, 0.4) is 0 Å². The van der Waals surface area contributed by atoms with E-state index in [1.54, 1.807) is 0 Å². The third-order valence-corrected chi connectivity index (χ3v) is 5.82. The van der Waals surface area contributed by atoms with E-state index in [2.05, 4.69) is 0 Å². The zero-order valence-corrected chi connectivity index (χ0v) is 18.7. The van der Waals surface area contributed by atoms with Gasteiger partial charge in [-0.2, -0.15) is 13.2 Å². The maximum Gasteiger partial charge on any atom is 0.416 e. The molecule has 1 N–H and O–H groups in total. The van der Waals surface area contributed by atoms with Crippen molar-refractivity contribution >= 4 is 34.7 Å². The first-order chi connectivity index (χ1) is 16.5. The summed E-state index contributed by atoms with van der Waals surface area (Å²) >= 11 is 6.12. The van der Waals surface area contributed by atoms with Crippen LogP contribution in [0.5, 0.6) is 5.75 Å². The molecule has 35 heavy (non-hydrogen) atoms. The Morgan fingerprint density at radius 3 is 2.37 bits per heavy atom. The number of aliphatic hydroxyl groups excluding tert-OH is 1. The minimum absolute atomic E-state index is 0.0270. The lowest BCUT2D eigenvalue weighted by molar-refractivity contribution is -0.137. The Morgan fingerprint density at radius 1 is 1.03 bits per heavy atom. The van der Waals surface area contributed by atoms with Gasteiger partial charge < -0.3 is 9.84 Å². The molecule has 1 amide bonds. The fourth-order valence-corrected chi connectivity index (χ4v) is 4.15. The zero-order chi connectivity index (χ0) is 25.5. The van der Waals surface area contributed by atoms with Gasteiger partial charge in [0.05, 0.1) is 29.3 Å². The van der Waals surface area contributed by atoms with E-state index in [1.807, 2.05) is 0 Å². The van der Waals surface area contributed by atoms with Crippen molar-refractivity contribution in [3.8, 4) is 5.75 Å². The van der Waals surface area contributed by atoms with Crippen LogP contribution in [0.25, 0.3) is 5.76 Å². The Kier molecular flexibility index (Phi) is 6.29. The quantitative estimate of drug-likeness (QED) is 0.200. The van der Waals surface area contributed by atoms with E-state index in [4.69, 9.17) is 16.3 Å². The summed E-state index contributed by atoms with van der Waals surface area (Å²) in [5.74, 6) is -3.64. The number of aliphatic hydroxyl groups is 1. The largest absolute Gasteiger partial charge is 0.507 e. The number of alkyl halides is 3. The average molecular weight is 506 g/mol. The van der Waals surface area contributed by atoms with Crippen LogP contribution in [0.2, 0.25) is 5.02 Å². The van der Waals surface area contributed by atoms with Crippen molar-refractivity contribution in [2.45, 2.75) is 12.2 Å². The number of Topliss-reactive ketones (excluding diaryl/α,β-unsaturated/α-hetero) is 1. The maximum absolute atomic E-state index is 14.9. The molecule has 0 aliphatic carbocycles. The zero-order valence-electron chi connectivity index (χ0n) is 17.9. The molecule has 4 rings (SSSR count). The van der Waals surface area contributed by atoms with Crippen molar-refractivity contribution in [1.29, 1.82) is 0 Å². The molecule has 1 atom stereocenters. The molecule has 0 bridgehead atoms. The second-order valence-corrected chi connectivity index (χ2v) is 8.00. The highest BCUT2D eigenvalue weighted by atomic mass is 35.5. The number of benzene rings is 3. The first-order valence-corrected chi connectivity index (χ1v) is 10.5. The first kappa shape index (κ1) is 24.3. The highest BCUT2D eigenvalue weighted by Crippen LogP contribution is 2.44. The number of anilines is 1. The molecule has 0 saturated carbocycles. The number of hydrogen-bond donors (Lipinski definition) is 1. The molecular weight excluding hydrogens is 490 g/mol. The summed E-state index contributed by atoms with van der Waals surface area (Å²) in [5, 5.41) is 11.1. The van der Waals surface area contributed by atoms with Crippen LogP contribution in [0.15, 0.2) is 72.3 Å². The molecule has 1 fully saturated rings. The van der Waals surface area contributed by atoms with E-state index in [9.17, 15) is 32.3 Å². The highest BCUT2D eigenvalue weighted by molar-refractivity contribution is 6.51. The van der Waals surface area contributed by atoms with Crippen molar-refractivity contribution < 1.29 is 37.0 Å². The average Bonchev–Trinajstić information content (AvgIpc) is 3.08. The fraction of sp³-hybridized carbons (Fsp3) is 0.120. The molecule has 1 aliphatic heterocycles. The van der Waals surface area contributed by atoms with Crippen LogP contribution in [0, 0.1) is 5.82 Å². The normalized spacial score (nSPS) is 17.7. The van der Waals surface area contributed by atoms with Crippen molar-refractivity contribution in [3.63, 3.8) is 0 Å². The van der Waals surface area contributed by atoms with Crippen LogP contribution in [-0.2, 0) is 15.8 Å². The van der Waals surface area contributed by atoms with Gasteiger partial charge in [0.15, 0.2) is 0 Å². The topological polar surface area (TPSA) is 66.8 Å². The van der Waals surface area contributed by atoms with Gasteiger partial charge >= 0.3 is 6.18 Å². The van der Waals surface area contributed by atoms with Gasteiger partial charge in [-0.15, -0.1) is 0 Å². The van der Waals surface area contributed by atoms with E-state index in [0.29, 0.717) is 6.07 Å². The summed E-state index contributed by atoms with van der Waals surface area (Å²) in [4.78, 5) is 26.9. The Bertz CT molecular complexity index is 1370. The number of rotatable bonds is 4. The summed E-state index contributed by atoms with van der Waals surface area (Å²) in [7, 11) is 1.37. The first-order valence-electron chi connectivity index (χ1n) is 10.1. The second kappa shape index (κ2) is 9.07. The number of nitrogens with zero attached hydrogens (tertiary/aromatic N) is 1. The fourth-order valence-electron chi connectivity index (χ4n) is 3.89. The number of carbonyl (C=O) groups is 2. The third-order valence-electron chi connectivity index (χ3n) is 5.52. The predicted molar refractivity (Wildman–Crippen MR) is 121 cm³/mol. The highest BCUT2D eigenvalue weighted by Gasteiger charge is 2.48. The van der Waals surface area contributed by atoms with E-state index in [0.717, 1.165) is 23.1 Å². The Balaban J connectivity index is 1.97. The predicted octanol–water partition coefficient (Wildman–Crippen LogP) is 6.13. The molecule has 10 heteroatoms. The molecular formula is C25H16ClF4NO4. The number of ketones is 1. The minimum Gasteiger partial charge on any atom is -0.507 e. The second-order valence-electron chi connectivity index (χ2n) is 7.59. The summed E-state index contributed by atoms with van der Waals surface area (Å²) in [6.07, 6.45) is -4.73. The molecule has 0 spiro atoms. The van der Waals surface area contributed by atoms with Crippen molar-refractivity contribution in [3.05, 3.63) is 99.8 Å². The molecule has 1 saturated heterocycles. The Morgan fingerprint density at radius 2 is 1.74 bits per heavy atom. The van der Waals surface area contributed by atoms with Crippen molar-refractivity contribution in [2.24, 2.45) is 0 Å². The Hall–Kier alpha value is -3.85. The van der Waals surface area contributed by atoms with E-state index < -0.39 is 46.6 Å². The minimum atomic E-state index is -4.73. The number of amides is 1. The smallest absolute Gasteiger partial charge is 0.416 e. The van der Waals surface area contributed by atoms with Crippen LogP contribution in [0.1, 0.15) is 22.7 Å². The van der Waals surface area contributed by atoms with E-state index in [1.165, 1.54) is 49.6 Å². The van der Waals surface area contributed by atoms with Gasteiger partial charge in [-0.25, -0.2) is 4.39 Å². The summed E-state index contributed by atoms with van der Waals surface area (Å²) < 4.78 is 60.0. The van der Waals surface area contributed by atoms with Crippen LogP contribution in [0.4, 0.5) is 23.2 Å². The summed E-state index contributed by atoms with van der Waals surface area (Å²) in [6, 6.07) is 11.4. The SMILES string of the molecule is COc1ccc(/C(O)=C2\C(=O)C(=O)N(c3cccc(C(F)(F)F)c3)C2c2ccccc2F)cc1Cl. The van der Waals surface area contributed by atoms with Crippen molar-refractivity contribution in [1.82, 2.24) is 0 Å².